The fraction of sp³-hybridized carbons (Fsp3) is 0.111. The summed E-state index contributed by atoms with van der Waals surface area (Å²) >= 11 is 7.26. The van der Waals surface area contributed by atoms with Crippen LogP contribution in [-0.4, -0.2) is 9.97 Å². The summed E-state index contributed by atoms with van der Waals surface area (Å²) < 4.78 is 0.726. The van der Waals surface area contributed by atoms with Crippen LogP contribution in [0, 0.1) is 0 Å². The molecule has 16 heavy (non-hydrogen) atoms. The molecular weight excluding hydrogens is 248 g/mol. The van der Waals surface area contributed by atoms with Crippen LogP contribution in [0.2, 0.25) is 4.34 Å². The molecule has 0 saturated carbocycles. The fourth-order valence-corrected chi connectivity index (χ4v) is 2.20. The zero-order chi connectivity index (χ0) is 11.5. The predicted molar refractivity (Wildman–Crippen MR) is 65.9 cm³/mol. The van der Waals surface area contributed by atoms with Crippen LogP contribution >= 0.6 is 22.9 Å². The van der Waals surface area contributed by atoms with E-state index in [1.54, 1.807) is 0 Å². The molecule has 0 amide bonds. The van der Waals surface area contributed by atoms with Gasteiger partial charge in [-0.25, -0.2) is 4.98 Å². The van der Waals surface area contributed by atoms with E-state index in [2.05, 4.69) is 15.3 Å². The highest BCUT2D eigenvalue weighted by Gasteiger charge is 2.04. The number of rotatable bonds is 3. The summed E-state index contributed by atoms with van der Waals surface area (Å²) in [4.78, 5) is 18.6. The second-order valence-corrected chi connectivity index (χ2v) is 4.85. The van der Waals surface area contributed by atoms with Gasteiger partial charge in [0, 0.05) is 4.88 Å². The summed E-state index contributed by atoms with van der Waals surface area (Å²) in [7, 11) is 0. The van der Waals surface area contributed by atoms with Crippen LogP contribution in [0.1, 0.15) is 4.88 Å². The van der Waals surface area contributed by atoms with E-state index in [-0.39, 0.29) is 11.2 Å². The van der Waals surface area contributed by atoms with Gasteiger partial charge in [-0.1, -0.05) is 11.6 Å². The van der Waals surface area contributed by atoms with E-state index < -0.39 is 0 Å². The van der Waals surface area contributed by atoms with Crippen LogP contribution < -0.4 is 16.6 Å². The van der Waals surface area contributed by atoms with Crippen molar-refractivity contribution in [3.8, 4) is 0 Å². The zero-order valence-corrected chi connectivity index (χ0v) is 9.73. The molecule has 2 aromatic heterocycles. The lowest BCUT2D eigenvalue weighted by Gasteiger charge is -2.05. The molecular formula is C9H9ClN4OS. The maximum atomic E-state index is 11.2. The highest BCUT2D eigenvalue weighted by atomic mass is 35.5. The first-order valence-corrected chi connectivity index (χ1v) is 5.67. The number of aromatic nitrogens is 2. The molecule has 84 valence electrons. The summed E-state index contributed by atoms with van der Waals surface area (Å²) in [6.45, 7) is 0.540. The molecule has 0 spiro atoms. The van der Waals surface area contributed by atoms with Gasteiger partial charge in [0.2, 0.25) is 0 Å². The van der Waals surface area contributed by atoms with Gasteiger partial charge in [0.15, 0.2) is 5.82 Å². The first-order chi connectivity index (χ1) is 7.66. The number of aromatic amines is 1. The molecule has 2 aromatic rings. The Balaban J connectivity index is 2.10. The van der Waals surface area contributed by atoms with Crippen molar-refractivity contribution < 1.29 is 0 Å². The minimum Gasteiger partial charge on any atom is -0.391 e. The summed E-state index contributed by atoms with van der Waals surface area (Å²) in [5.74, 6) is 0.383. The SMILES string of the molecule is Nc1c(NCc2ccc(Cl)s2)nc[nH]c1=O. The molecule has 7 heteroatoms. The molecule has 0 radical (unpaired) electrons. The van der Waals surface area contributed by atoms with E-state index in [1.165, 1.54) is 17.7 Å². The summed E-state index contributed by atoms with van der Waals surface area (Å²) in [6, 6.07) is 3.72. The van der Waals surface area contributed by atoms with Gasteiger partial charge in [0.25, 0.3) is 5.56 Å². The molecule has 2 rings (SSSR count). The molecule has 0 bridgehead atoms. The van der Waals surface area contributed by atoms with Gasteiger partial charge in [-0.3, -0.25) is 4.79 Å². The zero-order valence-electron chi connectivity index (χ0n) is 8.16. The molecule has 0 aliphatic carbocycles. The van der Waals surface area contributed by atoms with Crippen molar-refractivity contribution in [2.45, 2.75) is 6.54 Å². The van der Waals surface area contributed by atoms with Crippen LogP contribution in [0.3, 0.4) is 0 Å². The minimum absolute atomic E-state index is 0.0881. The van der Waals surface area contributed by atoms with Crippen molar-refractivity contribution in [3.63, 3.8) is 0 Å². The molecule has 0 aliphatic rings. The number of nitrogens with one attached hydrogen (secondary N) is 2. The van der Waals surface area contributed by atoms with Gasteiger partial charge in [-0.2, -0.15) is 0 Å². The number of anilines is 2. The number of hydrogen-bond donors (Lipinski definition) is 3. The lowest BCUT2D eigenvalue weighted by Crippen LogP contribution is -2.15. The highest BCUT2D eigenvalue weighted by molar-refractivity contribution is 7.16. The van der Waals surface area contributed by atoms with Gasteiger partial charge in [0.05, 0.1) is 17.2 Å². The molecule has 0 fully saturated rings. The largest absolute Gasteiger partial charge is 0.391 e. The Hall–Kier alpha value is -1.53. The third-order valence-corrected chi connectivity index (χ3v) is 3.18. The highest BCUT2D eigenvalue weighted by Crippen LogP contribution is 2.22. The van der Waals surface area contributed by atoms with Crippen molar-refractivity contribution in [3.05, 3.63) is 38.0 Å². The van der Waals surface area contributed by atoms with Gasteiger partial charge in [-0.05, 0) is 12.1 Å². The lowest BCUT2D eigenvalue weighted by molar-refractivity contribution is 1.08. The van der Waals surface area contributed by atoms with E-state index in [4.69, 9.17) is 17.3 Å². The Morgan fingerprint density at radius 1 is 1.56 bits per heavy atom. The first kappa shape index (κ1) is 11.0. The van der Waals surface area contributed by atoms with Gasteiger partial charge in [0.1, 0.15) is 5.69 Å². The third-order valence-electron chi connectivity index (χ3n) is 1.95. The smallest absolute Gasteiger partial charge is 0.276 e. The minimum atomic E-state index is -0.346. The van der Waals surface area contributed by atoms with Gasteiger partial charge >= 0.3 is 0 Å². The standard InChI is InChI=1S/C9H9ClN4OS/c10-6-2-1-5(16-6)3-12-8-7(11)9(15)14-4-13-8/h1-2,4H,3,11H2,(H2,12,13,14,15). The maximum absolute atomic E-state index is 11.2. The molecule has 0 unspecified atom stereocenters. The molecule has 0 saturated heterocycles. The monoisotopic (exact) mass is 256 g/mol. The molecule has 0 aromatic carbocycles. The Labute approximate surface area is 100 Å². The first-order valence-electron chi connectivity index (χ1n) is 4.48. The normalized spacial score (nSPS) is 10.3. The Kier molecular flexibility index (Phi) is 3.12. The lowest BCUT2D eigenvalue weighted by atomic mass is 10.4. The Morgan fingerprint density at radius 2 is 2.38 bits per heavy atom. The van der Waals surface area contributed by atoms with Crippen LogP contribution in [0.25, 0.3) is 0 Å². The van der Waals surface area contributed by atoms with E-state index in [1.807, 2.05) is 12.1 Å². The van der Waals surface area contributed by atoms with Crippen LogP contribution in [-0.2, 0) is 6.54 Å². The topological polar surface area (TPSA) is 83.8 Å². The van der Waals surface area contributed by atoms with Crippen molar-refractivity contribution in [1.29, 1.82) is 0 Å². The number of nitrogen functional groups attached to an aromatic ring is 1. The van der Waals surface area contributed by atoms with E-state index >= 15 is 0 Å². The quantitative estimate of drug-likeness (QED) is 0.780. The molecule has 0 atom stereocenters. The van der Waals surface area contributed by atoms with Crippen LogP contribution in [0.4, 0.5) is 11.5 Å². The summed E-state index contributed by atoms with van der Waals surface area (Å²) in [5, 5.41) is 2.98. The van der Waals surface area contributed by atoms with Crippen molar-refractivity contribution in [1.82, 2.24) is 9.97 Å². The second-order valence-electron chi connectivity index (χ2n) is 3.05. The number of H-pyrrole nitrogens is 1. The van der Waals surface area contributed by atoms with Crippen molar-refractivity contribution >= 4 is 34.4 Å². The van der Waals surface area contributed by atoms with Crippen LogP contribution in [0.15, 0.2) is 23.3 Å². The number of hydrogen-bond acceptors (Lipinski definition) is 5. The van der Waals surface area contributed by atoms with Gasteiger partial charge < -0.3 is 16.0 Å². The number of nitrogens with two attached hydrogens (primary N) is 1. The fourth-order valence-electron chi connectivity index (χ4n) is 1.17. The second kappa shape index (κ2) is 4.54. The maximum Gasteiger partial charge on any atom is 0.276 e. The van der Waals surface area contributed by atoms with Crippen molar-refractivity contribution in [2.24, 2.45) is 0 Å². The third kappa shape index (κ3) is 2.34. The number of halogens is 1. The summed E-state index contributed by atoms with van der Waals surface area (Å²) in [6.07, 6.45) is 1.31. The van der Waals surface area contributed by atoms with E-state index in [0.717, 1.165) is 9.21 Å². The van der Waals surface area contributed by atoms with Crippen LogP contribution in [0.5, 0.6) is 0 Å². The Bertz CT molecular complexity index is 550. The average Bonchev–Trinajstić information content (AvgIpc) is 2.67. The average molecular weight is 257 g/mol. The predicted octanol–water partition coefficient (Wildman–Crippen LogP) is 1.68. The molecule has 4 N–H and O–H groups in total. The number of nitrogens with zero attached hydrogens (tertiary/aromatic N) is 1. The molecule has 0 aliphatic heterocycles. The molecule has 2 heterocycles. The van der Waals surface area contributed by atoms with E-state index in [9.17, 15) is 4.79 Å². The Morgan fingerprint density at radius 3 is 3.06 bits per heavy atom. The summed E-state index contributed by atoms with van der Waals surface area (Å²) in [5.41, 5.74) is 5.30. The van der Waals surface area contributed by atoms with Gasteiger partial charge in [-0.15, -0.1) is 11.3 Å². The van der Waals surface area contributed by atoms with E-state index in [0.29, 0.717) is 12.4 Å². The number of thiophene rings is 1. The van der Waals surface area contributed by atoms with Crippen molar-refractivity contribution in [2.75, 3.05) is 11.1 Å². The molecule has 5 nitrogen and oxygen atoms in total.